The Hall–Kier alpha value is -0.710. The van der Waals surface area contributed by atoms with Crippen LogP contribution in [0.2, 0.25) is 0 Å². The number of thiophene rings is 1. The maximum absolute atomic E-state index is 4.52. The minimum Gasteiger partial charge on any atom is -0.301 e. The molecule has 1 N–H and O–H groups in total. The Labute approximate surface area is 111 Å². The molecule has 2 unspecified atom stereocenters. The lowest BCUT2D eigenvalue weighted by Crippen LogP contribution is -2.21. The van der Waals surface area contributed by atoms with Crippen LogP contribution in [-0.4, -0.2) is 4.98 Å². The first-order valence-corrected chi connectivity index (χ1v) is 7.50. The molecule has 0 spiro atoms. The number of aromatic nitrogens is 1. The van der Waals surface area contributed by atoms with Gasteiger partial charge >= 0.3 is 0 Å². The number of thiazole rings is 1. The summed E-state index contributed by atoms with van der Waals surface area (Å²) in [6.45, 7) is 8.57. The summed E-state index contributed by atoms with van der Waals surface area (Å²) >= 11 is 3.59. The Balaban J connectivity index is 2.01. The van der Waals surface area contributed by atoms with Gasteiger partial charge < -0.3 is 5.32 Å². The lowest BCUT2D eigenvalue weighted by Gasteiger charge is -2.17. The maximum atomic E-state index is 4.52. The third kappa shape index (κ3) is 3.15. The first-order chi connectivity index (χ1) is 8.06. The van der Waals surface area contributed by atoms with Crippen molar-refractivity contribution in [2.45, 2.75) is 39.8 Å². The molecule has 2 aromatic heterocycles. The minimum atomic E-state index is 0.311. The Bertz CT molecular complexity index is 443. The van der Waals surface area contributed by atoms with Gasteiger partial charge in [0.25, 0.3) is 0 Å². The molecule has 0 saturated heterocycles. The van der Waals surface area contributed by atoms with Crippen LogP contribution in [0.4, 0.5) is 0 Å². The van der Waals surface area contributed by atoms with Gasteiger partial charge in [0.2, 0.25) is 0 Å². The predicted molar refractivity (Wildman–Crippen MR) is 75.9 cm³/mol. The molecule has 17 heavy (non-hydrogen) atoms. The van der Waals surface area contributed by atoms with Crippen LogP contribution in [0, 0.1) is 13.8 Å². The van der Waals surface area contributed by atoms with Gasteiger partial charge in [-0.15, -0.1) is 22.7 Å². The summed E-state index contributed by atoms with van der Waals surface area (Å²) < 4.78 is 0. The molecule has 0 aliphatic rings. The molecule has 2 nitrogen and oxygen atoms in total. The van der Waals surface area contributed by atoms with Crippen LogP contribution >= 0.6 is 22.7 Å². The highest BCUT2D eigenvalue weighted by Crippen LogP contribution is 2.26. The average molecular weight is 266 g/mol. The molecule has 92 valence electrons. The smallest absolute Gasteiger partial charge is 0.110 e. The first-order valence-electron chi connectivity index (χ1n) is 5.80. The molecule has 0 saturated carbocycles. The number of nitrogens with zero attached hydrogens (tertiary/aromatic N) is 1. The van der Waals surface area contributed by atoms with Gasteiger partial charge in [0.1, 0.15) is 5.01 Å². The number of hydrogen-bond acceptors (Lipinski definition) is 4. The summed E-state index contributed by atoms with van der Waals surface area (Å²) in [5, 5.41) is 6.87. The standard InChI is InChI=1S/C13H18N2S2/c1-8-7-16-13(14-8)11(4)15-10(3)12-6-5-9(2)17-12/h5-7,10-11,15H,1-4H3. The van der Waals surface area contributed by atoms with Crippen molar-refractivity contribution in [1.82, 2.24) is 10.3 Å². The fourth-order valence-corrected chi connectivity index (χ4v) is 3.49. The summed E-state index contributed by atoms with van der Waals surface area (Å²) in [5.74, 6) is 0. The van der Waals surface area contributed by atoms with Gasteiger partial charge in [-0.2, -0.15) is 0 Å². The van der Waals surface area contributed by atoms with Gasteiger partial charge in [0, 0.05) is 26.9 Å². The van der Waals surface area contributed by atoms with Crippen molar-refractivity contribution in [3.63, 3.8) is 0 Å². The Morgan fingerprint density at radius 1 is 1.18 bits per heavy atom. The maximum Gasteiger partial charge on any atom is 0.110 e. The van der Waals surface area contributed by atoms with Crippen LogP contribution < -0.4 is 5.32 Å². The van der Waals surface area contributed by atoms with E-state index in [-0.39, 0.29) is 0 Å². The molecule has 0 aliphatic carbocycles. The van der Waals surface area contributed by atoms with Crippen LogP contribution in [0.25, 0.3) is 0 Å². The van der Waals surface area contributed by atoms with E-state index in [1.807, 2.05) is 18.3 Å². The topological polar surface area (TPSA) is 24.9 Å². The van der Waals surface area contributed by atoms with Crippen LogP contribution in [0.15, 0.2) is 17.5 Å². The number of aryl methyl sites for hydroxylation is 2. The molecule has 2 rings (SSSR count). The Kier molecular flexibility index (Phi) is 3.97. The van der Waals surface area contributed by atoms with Crippen molar-refractivity contribution in [3.8, 4) is 0 Å². The minimum absolute atomic E-state index is 0.311. The van der Waals surface area contributed by atoms with Gasteiger partial charge in [0.05, 0.1) is 6.04 Å². The molecule has 0 fully saturated rings. The zero-order valence-corrected chi connectivity index (χ0v) is 12.3. The second kappa shape index (κ2) is 5.29. The molecule has 0 aliphatic heterocycles. The van der Waals surface area contributed by atoms with Crippen LogP contribution in [0.3, 0.4) is 0 Å². The molecule has 0 bridgehead atoms. The SMILES string of the molecule is Cc1csc(C(C)NC(C)c2ccc(C)s2)n1. The van der Waals surface area contributed by atoms with Crippen molar-refractivity contribution in [1.29, 1.82) is 0 Å². The third-order valence-electron chi connectivity index (χ3n) is 2.70. The van der Waals surface area contributed by atoms with Gasteiger partial charge in [-0.05, 0) is 39.8 Å². The fourth-order valence-electron chi connectivity index (χ4n) is 1.79. The molecule has 0 radical (unpaired) electrons. The van der Waals surface area contributed by atoms with Crippen LogP contribution in [0.1, 0.15) is 46.4 Å². The highest BCUT2D eigenvalue weighted by atomic mass is 32.1. The van der Waals surface area contributed by atoms with Crippen molar-refractivity contribution >= 4 is 22.7 Å². The third-order valence-corrected chi connectivity index (χ3v) is 5.02. The summed E-state index contributed by atoms with van der Waals surface area (Å²) in [6, 6.07) is 5.08. The van der Waals surface area contributed by atoms with Crippen molar-refractivity contribution < 1.29 is 0 Å². The molecule has 0 aromatic carbocycles. The monoisotopic (exact) mass is 266 g/mol. The summed E-state index contributed by atoms with van der Waals surface area (Å²) in [7, 11) is 0. The molecule has 2 aromatic rings. The van der Waals surface area contributed by atoms with E-state index in [9.17, 15) is 0 Å². The van der Waals surface area contributed by atoms with Crippen molar-refractivity contribution in [2.75, 3.05) is 0 Å². The van der Waals surface area contributed by atoms with E-state index in [0.717, 1.165) is 5.69 Å². The number of rotatable bonds is 4. The summed E-state index contributed by atoms with van der Waals surface area (Å²) in [5.41, 5.74) is 1.11. The van der Waals surface area contributed by atoms with Crippen molar-refractivity contribution in [3.05, 3.63) is 38.0 Å². The van der Waals surface area contributed by atoms with E-state index in [0.29, 0.717) is 12.1 Å². The van der Waals surface area contributed by atoms with E-state index in [1.54, 1.807) is 11.3 Å². The van der Waals surface area contributed by atoms with Gasteiger partial charge in [-0.25, -0.2) is 4.98 Å². The zero-order chi connectivity index (χ0) is 12.4. The molecule has 2 heterocycles. The lowest BCUT2D eigenvalue weighted by molar-refractivity contribution is 0.498. The van der Waals surface area contributed by atoms with Crippen LogP contribution in [-0.2, 0) is 0 Å². The zero-order valence-electron chi connectivity index (χ0n) is 10.7. The highest BCUT2D eigenvalue weighted by Gasteiger charge is 2.14. The Morgan fingerprint density at radius 3 is 2.47 bits per heavy atom. The van der Waals surface area contributed by atoms with Crippen molar-refractivity contribution in [2.24, 2.45) is 0 Å². The average Bonchev–Trinajstić information content (AvgIpc) is 2.87. The van der Waals surface area contributed by atoms with E-state index in [1.165, 1.54) is 14.8 Å². The molecular formula is C13H18N2S2. The largest absolute Gasteiger partial charge is 0.301 e. The van der Waals surface area contributed by atoms with Gasteiger partial charge in [-0.1, -0.05) is 0 Å². The van der Waals surface area contributed by atoms with E-state index >= 15 is 0 Å². The highest BCUT2D eigenvalue weighted by molar-refractivity contribution is 7.12. The van der Waals surface area contributed by atoms with E-state index < -0.39 is 0 Å². The second-order valence-electron chi connectivity index (χ2n) is 4.39. The quantitative estimate of drug-likeness (QED) is 0.895. The number of nitrogens with one attached hydrogen (secondary N) is 1. The molecule has 2 atom stereocenters. The normalized spacial score (nSPS) is 14.8. The molecule has 0 amide bonds. The first kappa shape index (κ1) is 12.7. The Morgan fingerprint density at radius 2 is 1.94 bits per heavy atom. The predicted octanol–water partition coefficient (Wildman–Crippen LogP) is 4.23. The summed E-state index contributed by atoms with van der Waals surface area (Å²) in [4.78, 5) is 7.28. The molecular weight excluding hydrogens is 248 g/mol. The van der Waals surface area contributed by atoms with Gasteiger partial charge in [0.15, 0.2) is 0 Å². The van der Waals surface area contributed by atoms with Crippen LogP contribution in [0.5, 0.6) is 0 Å². The number of hydrogen-bond donors (Lipinski definition) is 1. The molecule has 4 heteroatoms. The lowest BCUT2D eigenvalue weighted by atomic mass is 10.2. The van der Waals surface area contributed by atoms with E-state index in [2.05, 4.69) is 48.6 Å². The van der Waals surface area contributed by atoms with Gasteiger partial charge in [-0.3, -0.25) is 0 Å². The second-order valence-corrected chi connectivity index (χ2v) is 6.59. The summed E-state index contributed by atoms with van der Waals surface area (Å²) in [6.07, 6.45) is 0. The van der Waals surface area contributed by atoms with E-state index in [4.69, 9.17) is 0 Å². The fraction of sp³-hybridized carbons (Fsp3) is 0.462.